The Hall–Kier alpha value is -0.785. The van der Waals surface area contributed by atoms with Crippen LogP contribution in [0.2, 0.25) is 0 Å². The minimum absolute atomic E-state index is 0.0275. The molecule has 1 aromatic rings. The minimum Gasteiger partial charge on any atom is -0.399 e. The first-order chi connectivity index (χ1) is 8.64. The molecule has 1 aromatic heterocycles. The van der Waals surface area contributed by atoms with Gasteiger partial charge in [-0.15, -0.1) is 11.3 Å². The molecule has 2 heterocycles. The number of Topliss-reactive ketones (excluding diaryl/α,β-unsaturated/α-hetero) is 1. The highest BCUT2D eigenvalue weighted by Crippen LogP contribution is 2.37. The molecule has 0 saturated carbocycles. The number of rotatable bonds is 3. The summed E-state index contributed by atoms with van der Waals surface area (Å²) in [5.74, 6) is -1.16. The van der Waals surface area contributed by atoms with Crippen LogP contribution in [-0.2, 0) is 9.31 Å². The molecular weight excluding hydrogens is 273 g/mol. The summed E-state index contributed by atoms with van der Waals surface area (Å²) in [4.78, 5) is 11.2. The first kappa shape index (κ1) is 14.6. The summed E-state index contributed by atoms with van der Waals surface area (Å²) in [6.07, 6.45) is -2.98. The summed E-state index contributed by atoms with van der Waals surface area (Å²) in [6, 6.07) is 2.99. The maximum absolute atomic E-state index is 12.3. The normalized spacial score (nSPS) is 21.1. The molecule has 0 atom stereocenters. The molecule has 0 aromatic carbocycles. The monoisotopic (exact) mass is 288 g/mol. The quantitative estimate of drug-likeness (QED) is 0.633. The zero-order valence-electron chi connectivity index (χ0n) is 11.2. The second-order valence-corrected chi connectivity index (χ2v) is 6.57. The van der Waals surface area contributed by atoms with Gasteiger partial charge in [-0.05, 0) is 33.8 Å². The molecule has 104 valence electrons. The Kier molecular flexibility index (Phi) is 3.57. The summed E-state index contributed by atoms with van der Waals surface area (Å²) in [5.41, 5.74) is -0.983. The Balaban J connectivity index is 2.20. The van der Waals surface area contributed by atoms with Crippen LogP contribution < -0.4 is 4.78 Å². The third-order valence-corrected chi connectivity index (χ3v) is 4.67. The van der Waals surface area contributed by atoms with E-state index in [-0.39, 0.29) is 4.88 Å². The smallest absolute Gasteiger partial charge is 0.399 e. The predicted molar refractivity (Wildman–Crippen MR) is 70.4 cm³/mol. The highest BCUT2D eigenvalue weighted by molar-refractivity contribution is 7.23. The fraction of sp³-hybridized carbons (Fsp3) is 0.583. The van der Waals surface area contributed by atoms with E-state index in [4.69, 9.17) is 9.31 Å². The highest BCUT2D eigenvalue weighted by atomic mass is 32.1. The first-order valence-electron chi connectivity index (χ1n) is 5.92. The highest BCUT2D eigenvalue weighted by Gasteiger charge is 2.52. The van der Waals surface area contributed by atoms with E-state index < -0.39 is 30.5 Å². The van der Waals surface area contributed by atoms with Gasteiger partial charge in [-0.1, -0.05) is 6.07 Å². The molecule has 2 rings (SSSR count). The van der Waals surface area contributed by atoms with E-state index in [1.54, 1.807) is 6.07 Å². The Bertz CT molecular complexity index is 483. The Labute approximate surface area is 115 Å². The third-order valence-electron chi connectivity index (χ3n) is 3.55. The number of hydrogen-bond donors (Lipinski definition) is 0. The molecular formula is C12H15BF2O3S. The van der Waals surface area contributed by atoms with Crippen LogP contribution in [0.3, 0.4) is 0 Å². The molecule has 0 N–H and O–H groups in total. The van der Waals surface area contributed by atoms with E-state index in [9.17, 15) is 13.6 Å². The van der Waals surface area contributed by atoms with Crippen LogP contribution in [0.1, 0.15) is 37.4 Å². The zero-order chi connectivity index (χ0) is 14.4. The van der Waals surface area contributed by atoms with Crippen molar-refractivity contribution in [3.05, 3.63) is 17.0 Å². The van der Waals surface area contributed by atoms with Crippen LogP contribution in [-0.4, -0.2) is 30.5 Å². The SMILES string of the molecule is CC1(C)OB(c2ccc(C(=O)C(F)F)s2)OC1(C)C. The van der Waals surface area contributed by atoms with Gasteiger partial charge in [0.05, 0.1) is 16.1 Å². The van der Waals surface area contributed by atoms with E-state index >= 15 is 0 Å². The molecule has 1 fully saturated rings. The van der Waals surface area contributed by atoms with Crippen molar-refractivity contribution >= 4 is 29.0 Å². The van der Waals surface area contributed by atoms with Gasteiger partial charge in [0.25, 0.3) is 0 Å². The predicted octanol–water partition coefficient (Wildman–Crippen LogP) is 2.50. The summed E-state index contributed by atoms with van der Waals surface area (Å²) in [7, 11) is -0.616. The average molecular weight is 288 g/mol. The fourth-order valence-electron chi connectivity index (χ4n) is 1.68. The van der Waals surface area contributed by atoms with Crippen molar-refractivity contribution in [1.29, 1.82) is 0 Å². The van der Waals surface area contributed by atoms with E-state index in [1.807, 2.05) is 27.7 Å². The lowest BCUT2D eigenvalue weighted by atomic mass is 9.88. The lowest BCUT2D eigenvalue weighted by Crippen LogP contribution is -2.41. The maximum atomic E-state index is 12.3. The molecule has 7 heteroatoms. The van der Waals surface area contributed by atoms with Gasteiger partial charge in [-0.2, -0.15) is 0 Å². The van der Waals surface area contributed by atoms with Gasteiger partial charge in [0.15, 0.2) is 0 Å². The van der Waals surface area contributed by atoms with Crippen LogP contribution >= 0.6 is 11.3 Å². The van der Waals surface area contributed by atoms with Crippen molar-refractivity contribution in [3.63, 3.8) is 0 Å². The van der Waals surface area contributed by atoms with E-state index in [0.717, 1.165) is 11.3 Å². The fourth-order valence-corrected chi connectivity index (χ4v) is 2.59. The Morgan fingerprint density at radius 3 is 2.21 bits per heavy atom. The van der Waals surface area contributed by atoms with Gasteiger partial charge in [0.1, 0.15) is 0 Å². The third kappa shape index (κ3) is 2.59. The van der Waals surface area contributed by atoms with Gasteiger partial charge < -0.3 is 9.31 Å². The average Bonchev–Trinajstić information content (AvgIpc) is 2.81. The molecule has 0 bridgehead atoms. The number of alkyl halides is 2. The lowest BCUT2D eigenvalue weighted by Gasteiger charge is -2.32. The number of thiophene rings is 1. The van der Waals surface area contributed by atoms with Gasteiger partial charge in [-0.3, -0.25) is 4.79 Å². The molecule has 1 aliphatic rings. The largest absolute Gasteiger partial charge is 0.505 e. The maximum Gasteiger partial charge on any atom is 0.505 e. The molecule has 0 aliphatic carbocycles. The lowest BCUT2D eigenvalue weighted by molar-refractivity contribution is 0.00578. The van der Waals surface area contributed by atoms with E-state index in [0.29, 0.717) is 4.78 Å². The number of ketones is 1. The van der Waals surface area contributed by atoms with Crippen molar-refractivity contribution in [2.24, 2.45) is 0 Å². The van der Waals surface area contributed by atoms with Crippen molar-refractivity contribution < 1.29 is 22.9 Å². The van der Waals surface area contributed by atoms with Crippen molar-refractivity contribution in [2.75, 3.05) is 0 Å². The summed E-state index contributed by atoms with van der Waals surface area (Å²) in [6.45, 7) is 7.63. The molecule has 19 heavy (non-hydrogen) atoms. The van der Waals surface area contributed by atoms with Crippen molar-refractivity contribution in [3.8, 4) is 0 Å². The van der Waals surface area contributed by atoms with Gasteiger partial charge in [0.2, 0.25) is 5.78 Å². The Morgan fingerprint density at radius 2 is 1.74 bits per heavy atom. The zero-order valence-corrected chi connectivity index (χ0v) is 12.0. The van der Waals surface area contributed by atoms with Crippen molar-refractivity contribution in [2.45, 2.75) is 45.3 Å². The molecule has 0 spiro atoms. The molecule has 1 aliphatic heterocycles. The Morgan fingerprint density at radius 1 is 1.21 bits per heavy atom. The topological polar surface area (TPSA) is 35.5 Å². The number of carbonyl (C=O) groups is 1. The summed E-state index contributed by atoms with van der Waals surface area (Å²) in [5, 5.41) is 0. The van der Waals surface area contributed by atoms with Crippen LogP contribution in [0.25, 0.3) is 0 Å². The van der Waals surface area contributed by atoms with E-state index in [1.165, 1.54) is 6.07 Å². The minimum atomic E-state index is -2.98. The summed E-state index contributed by atoms with van der Waals surface area (Å²) >= 11 is 0.989. The number of carbonyl (C=O) groups excluding carboxylic acids is 1. The van der Waals surface area contributed by atoms with Crippen LogP contribution in [0, 0.1) is 0 Å². The molecule has 1 saturated heterocycles. The molecule has 0 radical (unpaired) electrons. The molecule has 0 unspecified atom stereocenters. The second-order valence-electron chi connectivity index (χ2n) is 5.46. The molecule has 0 amide bonds. The number of halogens is 2. The van der Waals surface area contributed by atoms with Crippen LogP contribution in [0.5, 0.6) is 0 Å². The van der Waals surface area contributed by atoms with Crippen molar-refractivity contribution in [1.82, 2.24) is 0 Å². The molecule has 3 nitrogen and oxygen atoms in total. The summed E-state index contributed by atoms with van der Waals surface area (Å²) < 4.78 is 36.9. The van der Waals surface area contributed by atoms with Gasteiger partial charge >= 0.3 is 13.5 Å². The van der Waals surface area contributed by atoms with Crippen LogP contribution in [0.15, 0.2) is 12.1 Å². The number of hydrogen-bond acceptors (Lipinski definition) is 4. The van der Waals surface area contributed by atoms with Crippen LogP contribution in [0.4, 0.5) is 8.78 Å². The first-order valence-corrected chi connectivity index (χ1v) is 6.73. The second kappa shape index (κ2) is 4.65. The van der Waals surface area contributed by atoms with Gasteiger partial charge in [0, 0.05) is 4.78 Å². The standard InChI is InChI=1S/C12H15BF2O3S/c1-11(2)12(3,4)18-13(17-11)8-6-5-7(19-8)9(16)10(14)15/h5-6,10H,1-4H3. The van der Waals surface area contributed by atoms with E-state index in [2.05, 4.69) is 0 Å². The van der Waals surface area contributed by atoms with Gasteiger partial charge in [-0.25, -0.2) is 8.78 Å².